The van der Waals surface area contributed by atoms with Gasteiger partial charge in [-0.3, -0.25) is 0 Å². The van der Waals surface area contributed by atoms with Crippen LogP contribution < -0.4 is 0 Å². The van der Waals surface area contributed by atoms with Crippen molar-refractivity contribution in [2.45, 2.75) is 12.3 Å². The van der Waals surface area contributed by atoms with Crippen molar-refractivity contribution in [1.82, 2.24) is 0 Å². The molecule has 0 aliphatic rings. The maximum absolute atomic E-state index is 12.0. The minimum absolute atomic E-state index is 0.107. The van der Waals surface area contributed by atoms with E-state index in [1.165, 1.54) is 6.07 Å². The highest BCUT2D eigenvalue weighted by Gasteiger charge is 2.35. The Morgan fingerprint density at radius 3 is 1.63 bits per heavy atom. The van der Waals surface area contributed by atoms with Crippen LogP contribution in [0.15, 0.2) is 103 Å². The summed E-state index contributed by atoms with van der Waals surface area (Å²) in [6.07, 6.45) is 0. The van der Waals surface area contributed by atoms with Gasteiger partial charge in [-0.1, -0.05) is 91.0 Å². The minimum Gasteiger partial charge on any atom is -0.507 e. The molecular formula is C27H22O3. The second-order valence-corrected chi connectivity index (χ2v) is 7.45. The van der Waals surface area contributed by atoms with Crippen LogP contribution in [-0.4, -0.2) is 16.2 Å². The number of carboxylic acids is 1. The Balaban J connectivity index is 2.07. The number of aromatic carboxylic acids is 1. The largest absolute Gasteiger partial charge is 0.507 e. The molecule has 0 spiro atoms. The second-order valence-electron chi connectivity index (χ2n) is 7.45. The topological polar surface area (TPSA) is 57.5 Å². The molecule has 3 heteroatoms. The number of rotatable bonds is 5. The lowest BCUT2D eigenvalue weighted by Crippen LogP contribution is -2.26. The zero-order valence-corrected chi connectivity index (χ0v) is 16.6. The van der Waals surface area contributed by atoms with Crippen LogP contribution in [0.2, 0.25) is 0 Å². The van der Waals surface area contributed by atoms with E-state index in [2.05, 4.69) is 0 Å². The first-order chi connectivity index (χ1) is 14.5. The molecule has 0 aromatic heterocycles. The number of benzene rings is 4. The van der Waals surface area contributed by atoms with Gasteiger partial charge in [0, 0.05) is 11.0 Å². The van der Waals surface area contributed by atoms with E-state index in [4.69, 9.17) is 0 Å². The number of phenols is 1. The van der Waals surface area contributed by atoms with Gasteiger partial charge >= 0.3 is 5.97 Å². The van der Waals surface area contributed by atoms with E-state index in [0.717, 1.165) is 22.3 Å². The lowest BCUT2D eigenvalue weighted by atomic mass is 9.70. The average Bonchev–Trinajstić information content (AvgIpc) is 2.80. The van der Waals surface area contributed by atoms with Gasteiger partial charge in [-0.15, -0.1) is 0 Å². The zero-order chi connectivity index (χ0) is 21.1. The molecule has 0 saturated carbocycles. The Hall–Kier alpha value is -3.85. The van der Waals surface area contributed by atoms with Gasteiger partial charge in [-0.2, -0.15) is 0 Å². The third-order valence-electron chi connectivity index (χ3n) is 5.69. The average molecular weight is 394 g/mol. The van der Waals surface area contributed by atoms with Crippen LogP contribution in [0.5, 0.6) is 5.75 Å². The van der Waals surface area contributed by atoms with Crippen LogP contribution in [0.1, 0.15) is 34.0 Å². The fraction of sp³-hybridized carbons (Fsp3) is 0.0741. The van der Waals surface area contributed by atoms with E-state index in [0.29, 0.717) is 5.56 Å². The van der Waals surface area contributed by atoms with Gasteiger partial charge in [0.15, 0.2) is 0 Å². The molecule has 4 aromatic rings. The quantitative estimate of drug-likeness (QED) is 0.401. The summed E-state index contributed by atoms with van der Waals surface area (Å²) in [5, 5.41) is 20.9. The number of carboxylic acid groups (broad SMARTS) is 1. The predicted molar refractivity (Wildman–Crippen MR) is 119 cm³/mol. The molecule has 0 unspecified atom stereocenters. The molecule has 30 heavy (non-hydrogen) atoms. The number of carbonyl (C=O) groups is 1. The monoisotopic (exact) mass is 394 g/mol. The van der Waals surface area contributed by atoms with E-state index in [1.54, 1.807) is 0 Å². The smallest absolute Gasteiger partial charge is 0.339 e. The molecule has 0 atom stereocenters. The molecule has 0 saturated heterocycles. The number of hydrogen-bond acceptors (Lipinski definition) is 2. The molecule has 148 valence electrons. The van der Waals surface area contributed by atoms with Crippen molar-refractivity contribution < 1.29 is 15.0 Å². The SMILES string of the molecule is CC(c1ccccc1)(c1ccccc1)c1cc(-c2ccccc2)cc(C(=O)O)c1O. The summed E-state index contributed by atoms with van der Waals surface area (Å²) < 4.78 is 0. The van der Waals surface area contributed by atoms with E-state index in [9.17, 15) is 15.0 Å². The molecule has 0 heterocycles. The summed E-state index contributed by atoms with van der Waals surface area (Å²) >= 11 is 0. The molecule has 2 N–H and O–H groups in total. The maximum Gasteiger partial charge on any atom is 0.339 e. The summed E-state index contributed by atoms with van der Waals surface area (Å²) in [7, 11) is 0. The van der Waals surface area contributed by atoms with Crippen molar-refractivity contribution in [3.8, 4) is 16.9 Å². The van der Waals surface area contributed by atoms with Crippen LogP contribution >= 0.6 is 0 Å². The highest BCUT2D eigenvalue weighted by molar-refractivity contribution is 5.94. The first kappa shape index (κ1) is 19.5. The van der Waals surface area contributed by atoms with Crippen LogP contribution in [0.3, 0.4) is 0 Å². The Morgan fingerprint density at radius 2 is 1.17 bits per heavy atom. The number of aromatic hydroxyl groups is 1. The molecule has 0 bridgehead atoms. The van der Waals surface area contributed by atoms with Crippen molar-refractivity contribution >= 4 is 5.97 Å². The van der Waals surface area contributed by atoms with Crippen molar-refractivity contribution in [1.29, 1.82) is 0 Å². The van der Waals surface area contributed by atoms with Crippen LogP contribution in [0.25, 0.3) is 11.1 Å². The van der Waals surface area contributed by atoms with Gasteiger partial charge in [0.25, 0.3) is 0 Å². The molecule has 0 amide bonds. The van der Waals surface area contributed by atoms with Gasteiger partial charge < -0.3 is 10.2 Å². The van der Waals surface area contributed by atoms with Crippen molar-refractivity contribution in [3.63, 3.8) is 0 Å². The summed E-state index contributed by atoms with van der Waals surface area (Å²) in [6, 6.07) is 32.7. The van der Waals surface area contributed by atoms with Gasteiger partial charge in [-0.25, -0.2) is 4.79 Å². The third-order valence-corrected chi connectivity index (χ3v) is 5.69. The number of hydrogen-bond donors (Lipinski definition) is 2. The molecule has 3 nitrogen and oxygen atoms in total. The van der Waals surface area contributed by atoms with Crippen molar-refractivity contribution in [3.05, 3.63) is 125 Å². The highest BCUT2D eigenvalue weighted by Crippen LogP contribution is 2.45. The lowest BCUT2D eigenvalue weighted by molar-refractivity contribution is 0.0693. The Bertz CT molecular complexity index is 1130. The van der Waals surface area contributed by atoms with Crippen LogP contribution in [0, 0.1) is 0 Å². The summed E-state index contributed by atoms with van der Waals surface area (Å²) in [5.74, 6) is -1.37. The predicted octanol–water partition coefficient (Wildman–Crippen LogP) is 6.11. The fourth-order valence-electron chi connectivity index (χ4n) is 4.00. The second kappa shape index (κ2) is 7.88. The normalized spacial score (nSPS) is 11.2. The van der Waals surface area contributed by atoms with Crippen LogP contribution in [-0.2, 0) is 5.41 Å². The lowest BCUT2D eigenvalue weighted by Gasteiger charge is -2.33. The minimum atomic E-state index is -1.16. The van der Waals surface area contributed by atoms with Gasteiger partial charge in [0.1, 0.15) is 11.3 Å². The zero-order valence-electron chi connectivity index (χ0n) is 16.6. The molecule has 4 aromatic carbocycles. The van der Waals surface area contributed by atoms with Gasteiger partial charge in [0.05, 0.1) is 0 Å². The van der Waals surface area contributed by atoms with Crippen molar-refractivity contribution in [2.24, 2.45) is 0 Å². The molecule has 0 aliphatic carbocycles. The van der Waals surface area contributed by atoms with Gasteiger partial charge in [0.2, 0.25) is 0 Å². The molecule has 0 aliphatic heterocycles. The molecule has 0 radical (unpaired) electrons. The Morgan fingerprint density at radius 1 is 0.700 bits per heavy atom. The van der Waals surface area contributed by atoms with Gasteiger partial charge in [-0.05, 0) is 41.3 Å². The summed E-state index contributed by atoms with van der Waals surface area (Å²) in [4.78, 5) is 12.0. The van der Waals surface area contributed by atoms with Crippen LogP contribution in [0.4, 0.5) is 0 Å². The van der Waals surface area contributed by atoms with E-state index >= 15 is 0 Å². The first-order valence-corrected chi connectivity index (χ1v) is 9.79. The Labute approximate surface area is 175 Å². The standard InChI is InChI=1S/C27H22O3/c1-27(21-13-7-3-8-14-21,22-15-9-4-10-16-22)24-18-20(19-11-5-2-6-12-19)17-23(25(24)28)26(29)30/h2-18,28H,1H3,(H,29,30). The fourth-order valence-corrected chi connectivity index (χ4v) is 4.00. The molecule has 0 fully saturated rings. The summed E-state index contributed by atoms with van der Waals surface area (Å²) in [5.41, 5.74) is 3.27. The third kappa shape index (κ3) is 3.35. The Kier molecular flexibility index (Phi) is 5.11. The maximum atomic E-state index is 12.0. The van der Waals surface area contributed by atoms with Crippen molar-refractivity contribution in [2.75, 3.05) is 0 Å². The van der Waals surface area contributed by atoms with E-state index < -0.39 is 11.4 Å². The highest BCUT2D eigenvalue weighted by atomic mass is 16.4. The molecule has 4 rings (SSSR count). The first-order valence-electron chi connectivity index (χ1n) is 9.79. The van der Waals surface area contributed by atoms with E-state index in [1.807, 2.05) is 104 Å². The summed E-state index contributed by atoms with van der Waals surface area (Å²) in [6.45, 7) is 2.02. The van der Waals surface area contributed by atoms with E-state index in [-0.39, 0.29) is 11.3 Å². The molecular weight excluding hydrogens is 372 g/mol.